The fourth-order valence-electron chi connectivity index (χ4n) is 1.72. The van der Waals surface area contributed by atoms with Crippen molar-refractivity contribution in [2.75, 3.05) is 6.61 Å². The number of aliphatic hydroxyl groups is 2. The van der Waals surface area contributed by atoms with Crippen molar-refractivity contribution in [1.82, 2.24) is 9.55 Å². The van der Waals surface area contributed by atoms with Crippen LogP contribution in [0.5, 0.6) is 0 Å². The summed E-state index contributed by atoms with van der Waals surface area (Å²) in [6.45, 7) is -0.137. The van der Waals surface area contributed by atoms with Gasteiger partial charge in [-0.05, 0) is 15.9 Å². The second kappa shape index (κ2) is 4.97. The lowest BCUT2D eigenvalue weighted by Gasteiger charge is -2.12. The lowest BCUT2D eigenvalue weighted by molar-refractivity contribution is 0.137. The van der Waals surface area contributed by atoms with Gasteiger partial charge >= 0.3 is 5.69 Å². The van der Waals surface area contributed by atoms with Crippen molar-refractivity contribution >= 4 is 27.7 Å². The smallest absolute Gasteiger partial charge is 0.329 e. The van der Waals surface area contributed by atoms with E-state index < -0.39 is 17.4 Å². The topological polar surface area (TPSA) is 95.3 Å². The quantitative estimate of drug-likeness (QED) is 0.692. The number of nitrogens with zero attached hydrogens (tertiary/aromatic N) is 1. The zero-order valence-corrected chi connectivity index (χ0v) is 11.1. The Hall–Kier alpha value is -0.570. The first kappa shape index (κ1) is 12.9. The van der Waals surface area contributed by atoms with Gasteiger partial charge in [-0.2, -0.15) is 0 Å². The molecule has 17 heavy (non-hydrogen) atoms. The maximum Gasteiger partial charge on any atom is 0.329 e. The highest BCUT2D eigenvalue weighted by Gasteiger charge is 2.34. The highest BCUT2D eigenvalue weighted by Crippen LogP contribution is 2.40. The predicted octanol–water partition coefficient (Wildman–Crippen LogP) is -0.344. The van der Waals surface area contributed by atoms with Crippen LogP contribution in [0.25, 0.3) is 0 Å². The molecule has 1 saturated heterocycles. The molecular weight excluding hydrogens is 312 g/mol. The first-order valence-corrected chi connectivity index (χ1v) is 6.72. The van der Waals surface area contributed by atoms with Crippen LogP contribution in [-0.2, 0) is 0 Å². The zero-order chi connectivity index (χ0) is 12.6. The van der Waals surface area contributed by atoms with Gasteiger partial charge in [0.25, 0.3) is 5.56 Å². The van der Waals surface area contributed by atoms with Crippen molar-refractivity contribution in [3.63, 3.8) is 0 Å². The van der Waals surface area contributed by atoms with E-state index in [9.17, 15) is 14.7 Å². The number of aromatic nitrogens is 2. The van der Waals surface area contributed by atoms with Gasteiger partial charge in [0.2, 0.25) is 0 Å². The normalized spacial score (nSPS) is 28.5. The van der Waals surface area contributed by atoms with Gasteiger partial charge in [0.15, 0.2) is 0 Å². The molecule has 8 heteroatoms. The van der Waals surface area contributed by atoms with E-state index in [-0.39, 0.29) is 21.7 Å². The van der Waals surface area contributed by atoms with Crippen LogP contribution in [0.1, 0.15) is 11.8 Å². The Morgan fingerprint density at radius 2 is 2.29 bits per heavy atom. The molecule has 3 atom stereocenters. The standard InChI is InChI=1S/C9H11BrN2O4S/c10-4-2-12(9(16)11-8(4)15)7-1-5(14)6(3-13)17-7/h2,5-7,13-14H,1,3H2,(H,11,15,16)/t5-,6-,7-/m0/s1. The maximum absolute atomic E-state index is 11.6. The molecule has 0 saturated carbocycles. The van der Waals surface area contributed by atoms with Crippen molar-refractivity contribution in [3.8, 4) is 0 Å². The molecule has 0 spiro atoms. The van der Waals surface area contributed by atoms with E-state index in [2.05, 4.69) is 20.9 Å². The second-order valence-electron chi connectivity index (χ2n) is 3.76. The maximum atomic E-state index is 11.6. The van der Waals surface area contributed by atoms with Gasteiger partial charge in [-0.25, -0.2) is 4.79 Å². The van der Waals surface area contributed by atoms with Crippen LogP contribution in [0.4, 0.5) is 0 Å². The molecule has 2 rings (SSSR count). The number of rotatable bonds is 2. The molecule has 0 aliphatic carbocycles. The highest BCUT2D eigenvalue weighted by atomic mass is 79.9. The summed E-state index contributed by atoms with van der Waals surface area (Å²) in [5, 5.41) is 18.1. The first-order chi connectivity index (χ1) is 8.02. The summed E-state index contributed by atoms with van der Waals surface area (Å²) in [7, 11) is 0. The molecule has 2 heterocycles. The van der Waals surface area contributed by atoms with Crippen LogP contribution in [0.3, 0.4) is 0 Å². The summed E-state index contributed by atoms with van der Waals surface area (Å²) in [5.41, 5.74) is -0.991. The molecule has 1 aromatic rings. The first-order valence-electron chi connectivity index (χ1n) is 4.98. The number of hydrogen-bond acceptors (Lipinski definition) is 5. The summed E-state index contributed by atoms with van der Waals surface area (Å²) in [6, 6.07) is 0. The largest absolute Gasteiger partial charge is 0.395 e. The average Bonchev–Trinajstić information content (AvgIpc) is 2.65. The van der Waals surface area contributed by atoms with Gasteiger partial charge in [0, 0.05) is 12.6 Å². The number of H-pyrrole nitrogens is 1. The van der Waals surface area contributed by atoms with Crippen LogP contribution in [-0.4, -0.2) is 37.7 Å². The van der Waals surface area contributed by atoms with Gasteiger partial charge in [0.1, 0.15) is 0 Å². The Balaban J connectivity index is 2.34. The molecule has 1 aromatic heterocycles. The van der Waals surface area contributed by atoms with Crippen molar-refractivity contribution in [1.29, 1.82) is 0 Å². The monoisotopic (exact) mass is 322 g/mol. The third-order valence-corrected chi connectivity index (χ3v) is 4.73. The van der Waals surface area contributed by atoms with Gasteiger partial charge in [-0.15, -0.1) is 11.8 Å². The van der Waals surface area contributed by atoms with E-state index in [1.54, 1.807) is 0 Å². The molecule has 0 radical (unpaired) electrons. The van der Waals surface area contributed by atoms with E-state index in [1.165, 1.54) is 22.5 Å². The molecule has 6 nitrogen and oxygen atoms in total. The minimum Gasteiger partial charge on any atom is -0.395 e. The molecule has 94 valence electrons. The molecule has 1 fully saturated rings. The average molecular weight is 323 g/mol. The lowest BCUT2D eigenvalue weighted by atomic mass is 10.2. The Bertz CT molecular complexity index is 528. The van der Waals surface area contributed by atoms with Crippen LogP contribution in [0, 0.1) is 0 Å². The number of hydrogen-bond donors (Lipinski definition) is 3. The minimum atomic E-state index is -0.646. The Kier molecular flexibility index (Phi) is 3.76. The van der Waals surface area contributed by atoms with Crippen LogP contribution in [0.2, 0.25) is 0 Å². The fraction of sp³-hybridized carbons (Fsp3) is 0.556. The molecule has 1 aliphatic heterocycles. The molecule has 1 aliphatic rings. The second-order valence-corrected chi connectivity index (χ2v) is 6.03. The van der Waals surface area contributed by atoms with Gasteiger partial charge in [-0.3, -0.25) is 14.3 Å². The van der Waals surface area contributed by atoms with Crippen molar-refractivity contribution in [2.24, 2.45) is 0 Å². The van der Waals surface area contributed by atoms with E-state index >= 15 is 0 Å². The summed E-state index contributed by atoms with van der Waals surface area (Å²) in [6.07, 6.45) is 1.13. The summed E-state index contributed by atoms with van der Waals surface area (Å²) < 4.78 is 1.62. The van der Waals surface area contributed by atoms with Crippen molar-refractivity contribution < 1.29 is 10.2 Å². The molecule has 0 bridgehead atoms. The lowest BCUT2D eigenvalue weighted by Crippen LogP contribution is -2.31. The number of aromatic amines is 1. The fourth-order valence-corrected chi connectivity index (χ4v) is 3.42. The van der Waals surface area contributed by atoms with Gasteiger partial charge in [-0.1, -0.05) is 0 Å². The van der Waals surface area contributed by atoms with Crippen molar-refractivity contribution in [2.45, 2.75) is 23.1 Å². The molecule has 0 aromatic carbocycles. The van der Waals surface area contributed by atoms with E-state index in [1.807, 2.05) is 0 Å². The SMILES string of the molecule is O=c1[nH]c(=O)n([C@@H]2C[C@H](O)[C@H](CO)S2)cc1Br. The number of halogens is 1. The molecule has 3 N–H and O–H groups in total. The summed E-state index contributed by atoms with van der Waals surface area (Å²) in [4.78, 5) is 25.0. The number of aliphatic hydroxyl groups excluding tert-OH is 2. The van der Waals surface area contributed by atoms with E-state index in [0.29, 0.717) is 6.42 Å². The third-order valence-electron chi connectivity index (χ3n) is 2.62. The van der Waals surface area contributed by atoms with Crippen LogP contribution < -0.4 is 11.2 Å². The van der Waals surface area contributed by atoms with Gasteiger partial charge in [0.05, 0.1) is 27.8 Å². The molecule has 0 unspecified atom stereocenters. The summed E-state index contributed by atoms with van der Waals surface area (Å²) in [5.74, 6) is 0. The Morgan fingerprint density at radius 1 is 1.59 bits per heavy atom. The Labute approximate surface area is 109 Å². The Morgan fingerprint density at radius 3 is 2.88 bits per heavy atom. The highest BCUT2D eigenvalue weighted by molar-refractivity contribution is 9.10. The molecular formula is C9H11BrN2O4S. The van der Waals surface area contributed by atoms with E-state index in [4.69, 9.17) is 5.11 Å². The third kappa shape index (κ3) is 2.49. The van der Waals surface area contributed by atoms with Crippen molar-refractivity contribution in [3.05, 3.63) is 31.5 Å². The molecule has 0 amide bonds. The summed E-state index contributed by atoms with van der Waals surface area (Å²) >= 11 is 4.37. The zero-order valence-electron chi connectivity index (χ0n) is 8.67. The van der Waals surface area contributed by atoms with Crippen LogP contribution >= 0.6 is 27.7 Å². The van der Waals surface area contributed by atoms with E-state index in [0.717, 1.165) is 0 Å². The number of nitrogens with one attached hydrogen (secondary N) is 1. The minimum absolute atomic E-state index is 0.137. The predicted molar refractivity (Wildman–Crippen MR) is 67.1 cm³/mol. The van der Waals surface area contributed by atoms with Crippen LogP contribution in [0.15, 0.2) is 20.3 Å². The van der Waals surface area contributed by atoms with Gasteiger partial charge < -0.3 is 10.2 Å². The number of thioether (sulfide) groups is 1.